The van der Waals surface area contributed by atoms with Gasteiger partial charge in [-0.15, -0.1) is 0 Å². The Kier molecular flexibility index (Phi) is 3.22. The number of rotatable bonds is 2. The molecular formula is C13H18N2O. The summed E-state index contributed by atoms with van der Waals surface area (Å²) in [5, 5.41) is 3.09. The van der Waals surface area contributed by atoms with Gasteiger partial charge in [-0.05, 0) is 44.2 Å². The minimum atomic E-state index is 0.0182. The largest absolute Gasteiger partial charge is 0.349 e. The third-order valence-corrected chi connectivity index (χ3v) is 3.28. The van der Waals surface area contributed by atoms with Gasteiger partial charge in [-0.2, -0.15) is 0 Å². The number of hydrogen-bond donors (Lipinski definition) is 1. The van der Waals surface area contributed by atoms with Gasteiger partial charge in [0, 0.05) is 17.9 Å². The SMILES string of the molecule is Cc1ncccc1C(=O)NC1CCC(C)C1. The minimum Gasteiger partial charge on any atom is -0.349 e. The molecule has 0 radical (unpaired) electrons. The lowest BCUT2D eigenvalue weighted by atomic mass is 10.1. The van der Waals surface area contributed by atoms with Crippen LogP contribution in [0.2, 0.25) is 0 Å². The van der Waals surface area contributed by atoms with Crippen LogP contribution in [0.1, 0.15) is 42.2 Å². The van der Waals surface area contributed by atoms with Crippen LogP contribution in [0, 0.1) is 12.8 Å². The van der Waals surface area contributed by atoms with E-state index in [1.165, 1.54) is 6.42 Å². The number of pyridine rings is 1. The first kappa shape index (κ1) is 11.1. The van der Waals surface area contributed by atoms with Crippen LogP contribution in [0.15, 0.2) is 18.3 Å². The Bertz CT molecular complexity index is 389. The molecule has 0 aliphatic heterocycles. The van der Waals surface area contributed by atoms with Crippen molar-refractivity contribution >= 4 is 5.91 Å². The quantitative estimate of drug-likeness (QED) is 0.827. The van der Waals surface area contributed by atoms with Gasteiger partial charge < -0.3 is 5.32 Å². The van der Waals surface area contributed by atoms with Crippen molar-refractivity contribution in [3.8, 4) is 0 Å². The van der Waals surface area contributed by atoms with Crippen LogP contribution in [-0.2, 0) is 0 Å². The van der Waals surface area contributed by atoms with Crippen molar-refractivity contribution in [2.24, 2.45) is 5.92 Å². The van der Waals surface area contributed by atoms with Crippen molar-refractivity contribution in [3.63, 3.8) is 0 Å². The molecule has 1 aromatic rings. The first-order chi connectivity index (χ1) is 7.66. The fraction of sp³-hybridized carbons (Fsp3) is 0.538. The van der Waals surface area contributed by atoms with Crippen LogP contribution in [0.5, 0.6) is 0 Å². The van der Waals surface area contributed by atoms with Gasteiger partial charge in [-0.3, -0.25) is 9.78 Å². The summed E-state index contributed by atoms with van der Waals surface area (Å²) in [6.07, 6.45) is 5.14. The molecule has 2 unspecified atom stereocenters. The zero-order chi connectivity index (χ0) is 11.5. The van der Waals surface area contributed by atoms with E-state index in [0.29, 0.717) is 11.6 Å². The van der Waals surface area contributed by atoms with Crippen molar-refractivity contribution in [2.75, 3.05) is 0 Å². The summed E-state index contributed by atoms with van der Waals surface area (Å²) >= 11 is 0. The highest BCUT2D eigenvalue weighted by Gasteiger charge is 2.23. The van der Waals surface area contributed by atoms with Gasteiger partial charge in [-0.1, -0.05) is 6.92 Å². The second-order valence-corrected chi connectivity index (χ2v) is 4.72. The molecule has 1 amide bonds. The first-order valence-corrected chi connectivity index (χ1v) is 5.89. The number of amides is 1. The van der Waals surface area contributed by atoms with Crippen LogP contribution in [0.4, 0.5) is 0 Å². The van der Waals surface area contributed by atoms with Crippen LogP contribution < -0.4 is 5.32 Å². The van der Waals surface area contributed by atoms with Crippen molar-refractivity contribution in [1.29, 1.82) is 0 Å². The van der Waals surface area contributed by atoms with Gasteiger partial charge in [0.05, 0.1) is 5.56 Å². The Balaban J connectivity index is 2.01. The van der Waals surface area contributed by atoms with Crippen molar-refractivity contribution in [2.45, 2.75) is 39.2 Å². The van der Waals surface area contributed by atoms with E-state index < -0.39 is 0 Å². The summed E-state index contributed by atoms with van der Waals surface area (Å²) in [5.74, 6) is 0.755. The van der Waals surface area contributed by atoms with E-state index in [1.54, 1.807) is 12.3 Å². The zero-order valence-electron chi connectivity index (χ0n) is 9.86. The second kappa shape index (κ2) is 4.64. The zero-order valence-corrected chi connectivity index (χ0v) is 9.86. The fourth-order valence-corrected chi connectivity index (χ4v) is 2.33. The van der Waals surface area contributed by atoms with Crippen LogP contribution >= 0.6 is 0 Å². The average Bonchev–Trinajstić information content (AvgIpc) is 2.64. The Morgan fingerprint density at radius 3 is 2.94 bits per heavy atom. The molecule has 1 saturated carbocycles. The van der Waals surface area contributed by atoms with E-state index in [-0.39, 0.29) is 5.91 Å². The van der Waals surface area contributed by atoms with Crippen LogP contribution in [0.3, 0.4) is 0 Å². The first-order valence-electron chi connectivity index (χ1n) is 5.89. The molecule has 1 N–H and O–H groups in total. The Morgan fingerprint density at radius 2 is 2.31 bits per heavy atom. The minimum absolute atomic E-state index is 0.0182. The monoisotopic (exact) mass is 218 g/mol. The number of nitrogens with zero attached hydrogens (tertiary/aromatic N) is 1. The molecule has 0 spiro atoms. The molecule has 3 heteroatoms. The molecule has 1 aliphatic rings. The molecular weight excluding hydrogens is 200 g/mol. The van der Waals surface area contributed by atoms with E-state index >= 15 is 0 Å². The predicted molar refractivity (Wildman–Crippen MR) is 63.2 cm³/mol. The smallest absolute Gasteiger partial charge is 0.253 e. The molecule has 0 saturated heterocycles. The third kappa shape index (κ3) is 2.40. The Hall–Kier alpha value is -1.38. The number of aromatic nitrogens is 1. The molecule has 3 nitrogen and oxygen atoms in total. The molecule has 1 aliphatic carbocycles. The van der Waals surface area contributed by atoms with Crippen molar-refractivity contribution in [3.05, 3.63) is 29.6 Å². The van der Waals surface area contributed by atoms with Crippen molar-refractivity contribution in [1.82, 2.24) is 10.3 Å². The van der Waals surface area contributed by atoms with Gasteiger partial charge in [0.25, 0.3) is 5.91 Å². The summed E-state index contributed by atoms with van der Waals surface area (Å²) in [4.78, 5) is 16.1. The number of carbonyl (C=O) groups is 1. The summed E-state index contributed by atoms with van der Waals surface area (Å²) in [6.45, 7) is 4.10. The highest BCUT2D eigenvalue weighted by atomic mass is 16.1. The lowest BCUT2D eigenvalue weighted by Crippen LogP contribution is -2.33. The van der Waals surface area contributed by atoms with E-state index in [2.05, 4.69) is 17.2 Å². The molecule has 2 rings (SSSR count). The lowest BCUT2D eigenvalue weighted by Gasteiger charge is -2.13. The van der Waals surface area contributed by atoms with Gasteiger partial charge in [0.15, 0.2) is 0 Å². The summed E-state index contributed by atoms with van der Waals surface area (Å²) in [7, 11) is 0. The van der Waals surface area contributed by atoms with Crippen LogP contribution in [0.25, 0.3) is 0 Å². The van der Waals surface area contributed by atoms with Crippen LogP contribution in [-0.4, -0.2) is 16.9 Å². The molecule has 2 atom stereocenters. The molecule has 16 heavy (non-hydrogen) atoms. The topological polar surface area (TPSA) is 42.0 Å². The molecule has 86 valence electrons. The van der Waals surface area contributed by atoms with E-state index in [9.17, 15) is 4.79 Å². The van der Waals surface area contributed by atoms with E-state index in [0.717, 1.165) is 24.5 Å². The standard InChI is InChI=1S/C13H18N2O/c1-9-5-6-11(8-9)15-13(16)12-4-3-7-14-10(12)2/h3-4,7,9,11H,5-6,8H2,1-2H3,(H,15,16). The number of nitrogens with one attached hydrogen (secondary N) is 1. The molecule has 1 fully saturated rings. The number of hydrogen-bond acceptors (Lipinski definition) is 2. The van der Waals surface area contributed by atoms with Gasteiger partial charge >= 0.3 is 0 Å². The number of carbonyl (C=O) groups excluding carboxylic acids is 1. The van der Waals surface area contributed by atoms with Gasteiger partial charge in [0.1, 0.15) is 0 Å². The summed E-state index contributed by atoms with van der Waals surface area (Å²) in [5.41, 5.74) is 1.49. The van der Waals surface area contributed by atoms with E-state index in [4.69, 9.17) is 0 Å². The molecule has 0 bridgehead atoms. The van der Waals surface area contributed by atoms with Gasteiger partial charge in [0.2, 0.25) is 0 Å². The maximum Gasteiger partial charge on any atom is 0.253 e. The Labute approximate surface area is 96.3 Å². The van der Waals surface area contributed by atoms with Crippen molar-refractivity contribution < 1.29 is 4.79 Å². The third-order valence-electron chi connectivity index (χ3n) is 3.28. The molecule has 1 aromatic heterocycles. The maximum atomic E-state index is 12.0. The highest BCUT2D eigenvalue weighted by Crippen LogP contribution is 2.24. The normalized spacial score (nSPS) is 24.4. The lowest BCUT2D eigenvalue weighted by molar-refractivity contribution is 0.0936. The fourth-order valence-electron chi connectivity index (χ4n) is 2.33. The molecule has 0 aromatic carbocycles. The summed E-state index contributed by atoms with van der Waals surface area (Å²) < 4.78 is 0. The van der Waals surface area contributed by atoms with Gasteiger partial charge in [-0.25, -0.2) is 0 Å². The average molecular weight is 218 g/mol. The molecule has 1 heterocycles. The van der Waals surface area contributed by atoms with E-state index in [1.807, 2.05) is 13.0 Å². The number of aryl methyl sites for hydroxylation is 1. The highest BCUT2D eigenvalue weighted by molar-refractivity contribution is 5.95. The Morgan fingerprint density at radius 1 is 1.50 bits per heavy atom. The predicted octanol–water partition coefficient (Wildman–Crippen LogP) is 2.31. The summed E-state index contributed by atoms with van der Waals surface area (Å²) in [6, 6.07) is 3.98. The second-order valence-electron chi connectivity index (χ2n) is 4.72. The maximum absolute atomic E-state index is 12.0.